The number of benzene rings is 1. The van der Waals surface area contributed by atoms with Gasteiger partial charge >= 0.3 is 5.97 Å². The van der Waals surface area contributed by atoms with E-state index in [1.807, 2.05) is 51.1 Å². The summed E-state index contributed by atoms with van der Waals surface area (Å²) in [5, 5.41) is 3.05. The molecule has 0 saturated carbocycles. The van der Waals surface area contributed by atoms with Gasteiger partial charge in [0, 0.05) is 5.54 Å². The molecule has 0 aliphatic heterocycles. The lowest BCUT2D eigenvalue weighted by atomic mass is 9.72. The van der Waals surface area contributed by atoms with E-state index in [4.69, 9.17) is 4.74 Å². The van der Waals surface area contributed by atoms with Gasteiger partial charge in [-0.3, -0.25) is 9.59 Å². The number of amides is 1. The lowest BCUT2D eigenvalue weighted by molar-refractivity contribution is -0.155. The van der Waals surface area contributed by atoms with Crippen LogP contribution in [0.5, 0.6) is 0 Å². The van der Waals surface area contributed by atoms with Gasteiger partial charge in [-0.2, -0.15) is 0 Å². The van der Waals surface area contributed by atoms with Crippen molar-refractivity contribution in [2.75, 3.05) is 7.11 Å². The monoisotopic (exact) mass is 331 g/mol. The van der Waals surface area contributed by atoms with E-state index < -0.39 is 16.4 Å². The fourth-order valence-corrected chi connectivity index (χ4v) is 2.52. The number of carbonyl (C=O) groups is 2. The van der Waals surface area contributed by atoms with Crippen LogP contribution in [0.25, 0.3) is 0 Å². The van der Waals surface area contributed by atoms with E-state index in [-0.39, 0.29) is 11.9 Å². The number of methoxy groups -OCH3 is 1. The summed E-state index contributed by atoms with van der Waals surface area (Å²) in [4.78, 5) is 25.2. The number of rotatable bonds is 7. The van der Waals surface area contributed by atoms with Crippen LogP contribution < -0.4 is 5.32 Å². The molecule has 4 heteroatoms. The molecular weight excluding hydrogens is 302 g/mol. The SMILES string of the molecule is C=CCC(C)(C(=O)NC(C)(C)C(C)(C)C(=O)OC)c1ccccc1. The fraction of sp³-hybridized carbons (Fsp3) is 0.500. The van der Waals surface area contributed by atoms with E-state index in [0.717, 1.165) is 5.56 Å². The molecule has 1 aromatic rings. The summed E-state index contributed by atoms with van der Waals surface area (Å²) in [5.41, 5.74) is -1.50. The lowest BCUT2D eigenvalue weighted by Gasteiger charge is -2.42. The Labute approximate surface area is 145 Å². The Kier molecular flexibility index (Phi) is 5.99. The third kappa shape index (κ3) is 3.69. The van der Waals surface area contributed by atoms with Gasteiger partial charge in [0.2, 0.25) is 5.91 Å². The first-order valence-corrected chi connectivity index (χ1v) is 8.10. The molecule has 0 fully saturated rings. The molecule has 1 N–H and O–H groups in total. The van der Waals surface area contributed by atoms with Crippen LogP contribution in [0.15, 0.2) is 43.0 Å². The van der Waals surface area contributed by atoms with Crippen LogP contribution in [0.2, 0.25) is 0 Å². The highest BCUT2D eigenvalue weighted by Gasteiger charge is 2.47. The molecule has 0 bridgehead atoms. The lowest BCUT2D eigenvalue weighted by Crippen LogP contribution is -2.60. The van der Waals surface area contributed by atoms with E-state index in [0.29, 0.717) is 6.42 Å². The Morgan fingerprint density at radius 3 is 2.12 bits per heavy atom. The second-order valence-electron chi connectivity index (χ2n) is 7.39. The maximum atomic E-state index is 13.1. The minimum absolute atomic E-state index is 0.143. The van der Waals surface area contributed by atoms with Gasteiger partial charge in [0.15, 0.2) is 0 Å². The summed E-state index contributed by atoms with van der Waals surface area (Å²) >= 11 is 0. The number of ether oxygens (including phenoxy) is 1. The zero-order valence-electron chi connectivity index (χ0n) is 15.6. The topological polar surface area (TPSA) is 55.4 Å². The van der Waals surface area contributed by atoms with Crippen LogP contribution in [-0.4, -0.2) is 24.5 Å². The summed E-state index contributed by atoms with van der Waals surface area (Å²) in [6.07, 6.45) is 2.24. The van der Waals surface area contributed by atoms with Gasteiger partial charge in [-0.15, -0.1) is 6.58 Å². The van der Waals surface area contributed by atoms with Crippen molar-refractivity contribution in [2.24, 2.45) is 5.41 Å². The molecule has 24 heavy (non-hydrogen) atoms. The number of esters is 1. The Bertz CT molecular complexity index is 605. The second-order valence-corrected chi connectivity index (χ2v) is 7.39. The molecule has 1 rings (SSSR count). The first-order chi connectivity index (χ1) is 11.0. The molecule has 0 aliphatic rings. The van der Waals surface area contributed by atoms with E-state index in [2.05, 4.69) is 11.9 Å². The molecule has 1 aromatic carbocycles. The maximum absolute atomic E-state index is 13.1. The molecule has 132 valence electrons. The second kappa shape index (κ2) is 7.20. The summed E-state index contributed by atoms with van der Waals surface area (Å²) in [5.74, 6) is -0.506. The first-order valence-electron chi connectivity index (χ1n) is 8.10. The van der Waals surface area contributed by atoms with E-state index >= 15 is 0 Å². The molecule has 4 nitrogen and oxygen atoms in total. The van der Waals surface area contributed by atoms with Crippen molar-refractivity contribution in [1.82, 2.24) is 5.32 Å². The maximum Gasteiger partial charge on any atom is 0.313 e. The van der Waals surface area contributed by atoms with Crippen LogP contribution in [0.4, 0.5) is 0 Å². The molecule has 1 atom stereocenters. The molecule has 1 unspecified atom stereocenters. The van der Waals surface area contributed by atoms with Crippen molar-refractivity contribution in [1.29, 1.82) is 0 Å². The van der Waals surface area contributed by atoms with Crippen molar-refractivity contribution in [3.05, 3.63) is 48.6 Å². The van der Waals surface area contributed by atoms with Crippen molar-refractivity contribution in [2.45, 2.75) is 52.0 Å². The van der Waals surface area contributed by atoms with Gasteiger partial charge in [-0.1, -0.05) is 36.4 Å². The van der Waals surface area contributed by atoms with Crippen molar-refractivity contribution in [3.8, 4) is 0 Å². The number of nitrogens with one attached hydrogen (secondary N) is 1. The Morgan fingerprint density at radius 1 is 1.12 bits per heavy atom. The van der Waals surface area contributed by atoms with Gasteiger partial charge in [0.1, 0.15) is 0 Å². The average Bonchev–Trinajstić information content (AvgIpc) is 2.54. The summed E-state index contributed by atoms with van der Waals surface area (Å²) < 4.78 is 4.89. The van der Waals surface area contributed by atoms with Crippen LogP contribution in [0.3, 0.4) is 0 Å². The van der Waals surface area contributed by atoms with Crippen LogP contribution in [0.1, 0.15) is 46.6 Å². The summed E-state index contributed by atoms with van der Waals surface area (Å²) in [6, 6.07) is 9.60. The van der Waals surface area contributed by atoms with Crippen molar-refractivity contribution in [3.63, 3.8) is 0 Å². The Balaban J connectivity index is 3.18. The van der Waals surface area contributed by atoms with Gasteiger partial charge in [-0.05, 0) is 46.6 Å². The quantitative estimate of drug-likeness (QED) is 0.613. The molecule has 0 saturated heterocycles. The average molecular weight is 331 g/mol. The van der Waals surface area contributed by atoms with Gasteiger partial charge in [0.25, 0.3) is 0 Å². The third-order valence-corrected chi connectivity index (χ3v) is 5.15. The smallest absolute Gasteiger partial charge is 0.313 e. The van der Waals surface area contributed by atoms with E-state index in [1.165, 1.54) is 7.11 Å². The predicted molar refractivity (Wildman–Crippen MR) is 96.6 cm³/mol. The zero-order valence-corrected chi connectivity index (χ0v) is 15.6. The minimum atomic E-state index is -0.872. The molecule has 0 radical (unpaired) electrons. The van der Waals surface area contributed by atoms with Crippen LogP contribution in [-0.2, 0) is 19.7 Å². The first kappa shape index (κ1) is 19.9. The Hall–Kier alpha value is -2.10. The number of carbonyl (C=O) groups excluding carboxylic acids is 2. The highest BCUT2D eigenvalue weighted by molar-refractivity contribution is 5.89. The van der Waals surface area contributed by atoms with Gasteiger partial charge in [0.05, 0.1) is 17.9 Å². The highest BCUT2D eigenvalue weighted by Crippen LogP contribution is 2.35. The van der Waals surface area contributed by atoms with E-state index in [1.54, 1.807) is 19.9 Å². The summed E-state index contributed by atoms with van der Waals surface area (Å²) in [6.45, 7) is 12.9. The molecule has 0 aliphatic carbocycles. The molecule has 0 heterocycles. The van der Waals surface area contributed by atoms with Crippen molar-refractivity contribution >= 4 is 11.9 Å². The zero-order chi connectivity index (χ0) is 18.6. The minimum Gasteiger partial charge on any atom is -0.469 e. The molecule has 0 spiro atoms. The standard InChI is InChI=1S/C20H29NO3/c1-8-14-20(6,15-12-10-9-11-13-15)16(22)21-19(4,5)18(2,3)17(23)24-7/h8-13H,1,14H2,2-7H3,(H,21,22). The summed E-state index contributed by atoms with van der Waals surface area (Å²) in [7, 11) is 1.35. The molecule has 0 aromatic heterocycles. The number of hydrogen-bond acceptors (Lipinski definition) is 3. The molecular formula is C20H29NO3. The van der Waals surface area contributed by atoms with Crippen LogP contribution in [0, 0.1) is 5.41 Å². The molecule has 1 amide bonds. The van der Waals surface area contributed by atoms with Crippen LogP contribution >= 0.6 is 0 Å². The number of allylic oxidation sites excluding steroid dienone is 1. The van der Waals surface area contributed by atoms with Gasteiger partial charge in [-0.25, -0.2) is 0 Å². The fourth-order valence-electron chi connectivity index (χ4n) is 2.52. The predicted octanol–water partition coefficient (Wildman–Crippen LogP) is 3.61. The largest absolute Gasteiger partial charge is 0.469 e. The van der Waals surface area contributed by atoms with E-state index in [9.17, 15) is 9.59 Å². The normalized spacial score (nSPS) is 14.4. The Morgan fingerprint density at radius 2 is 1.67 bits per heavy atom. The van der Waals surface area contributed by atoms with Crippen molar-refractivity contribution < 1.29 is 14.3 Å². The van der Waals surface area contributed by atoms with Gasteiger partial charge < -0.3 is 10.1 Å². The number of hydrogen-bond donors (Lipinski definition) is 1. The third-order valence-electron chi connectivity index (χ3n) is 5.15. The highest BCUT2D eigenvalue weighted by atomic mass is 16.5.